The zero-order valence-electron chi connectivity index (χ0n) is 13.0. The van der Waals surface area contributed by atoms with Crippen LogP contribution in [-0.2, 0) is 7.05 Å². The number of aromatic nitrogens is 1. The Morgan fingerprint density at radius 1 is 0.952 bits per heavy atom. The first-order chi connectivity index (χ1) is 9.74. The van der Waals surface area contributed by atoms with E-state index in [-0.39, 0.29) is 24.0 Å². The molecule has 0 atom stereocenters. The number of benzene rings is 1. The van der Waals surface area contributed by atoms with Gasteiger partial charge in [-0.15, -0.1) is 0 Å². The molecule has 0 aliphatic rings. The van der Waals surface area contributed by atoms with Crippen molar-refractivity contribution in [1.29, 1.82) is 0 Å². The second kappa shape index (κ2) is 8.82. The maximum absolute atomic E-state index is 2.35. The van der Waals surface area contributed by atoms with Crippen LogP contribution in [0.3, 0.4) is 0 Å². The molecule has 3 heteroatoms. The molecule has 0 aliphatic carbocycles. The van der Waals surface area contributed by atoms with Crippen LogP contribution in [-0.4, -0.2) is 13.1 Å². The minimum Gasteiger partial charge on any atom is -1.00 e. The SMILES string of the molecule is CCN(CC)c1ccc(C=Cc2cccc[n+]2C)cc1.[I-]. The quantitative estimate of drug-likeness (QED) is 0.530. The van der Waals surface area contributed by atoms with E-state index in [0.717, 1.165) is 13.1 Å². The van der Waals surface area contributed by atoms with Crippen molar-refractivity contribution < 1.29 is 28.5 Å². The second-order valence-corrected chi connectivity index (χ2v) is 4.83. The molecule has 21 heavy (non-hydrogen) atoms. The average Bonchev–Trinajstić information content (AvgIpc) is 2.49. The molecule has 0 spiro atoms. The molecule has 0 radical (unpaired) electrons. The van der Waals surface area contributed by atoms with Crippen LogP contribution in [0.1, 0.15) is 25.1 Å². The lowest BCUT2D eigenvalue weighted by molar-refractivity contribution is -0.673. The van der Waals surface area contributed by atoms with Crippen LogP contribution in [0.25, 0.3) is 12.2 Å². The molecule has 1 aromatic carbocycles. The van der Waals surface area contributed by atoms with Crippen LogP contribution in [0, 0.1) is 0 Å². The Kier molecular flexibility index (Phi) is 7.43. The summed E-state index contributed by atoms with van der Waals surface area (Å²) in [6.07, 6.45) is 6.36. The van der Waals surface area contributed by atoms with Crippen LogP contribution >= 0.6 is 0 Å². The third-order valence-electron chi connectivity index (χ3n) is 3.56. The Hall–Kier alpha value is -1.36. The van der Waals surface area contributed by atoms with Crippen molar-refractivity contribution in [1.82, 2.24) is 0 Å². The molecule has 0 N–H and O–H groups in total. The number of hydrogen-bond donors (Lipinski definition) is 0. The van der Waals surface area contributed by atoms with Gasteiger partial charge in [0.15, 0.2) is 6.20 Å². The summed E-state index contributed by atoms with van der Waals surface area (Å²) in [5.74, 6) is 0. The Balaban J connectivity index is 0.00000220. The summed E-state index contributed by atoms with van der Waals surface area (Å²) >= 11 is 0. The van der Waals surface area contributed by atoms with Crippen molar-refractivity contribution >= 4 is 17.8 Å². The molecule has 2 nitrogen and oxygen atoms in total. The third-order valence-corrected chi connectivity index (χ3v) is 3.56. The predicted molar refractivity (Wildman–Crippen MR) is 86.5 cm³/mol. The average molecular weight is 394 g/mol. The summed E-state index contributed by atoms with van der Waals surface area (Å²) < 4.78 is 2.11. The maximum Gasteiger partial charge on any atom is 0.204 e. The zero-order chi connectivity index (χ0) is 14.4. The number of anilines is 1. The number of nitrogens with zero attached hydrogens (tertiary/aromatic N) is 2. The van der Waals surface area contributed by atoms with Gasteiger partial charge in [0.2, 0.25) is 5.69 Å². The third kappa shape index (κ3) is 4.84. The Bertz CT molecular complexity index is 572. The number of aryl methyl sites for hydroxylation is 1. The Morgan fingerprint density at radius 2 is 1.62 bits per heavy atom. The van der Waals surface area contributed by atoms with Gasteiger partial charge in [0.05, 0.1) is 0 Å². The van der Waals surface area contributed by atoms with E-state index in [4.69, 9.17) is 0 Å². The lowest BCUT2D eigenvalue weighted by atomic mass is 10.1. The van der Waals surface area contributed by atoms with Gasteiger partial charge in [-0.3, -0.25) is 0 Å². The van der Waals surface area contributed by atoms with Gasteiger partial charge in [-0.2, -0.15) is 0 Å². The minimum atomic E-state index is 0. The van der Waals surface area contributed by atoms with E-state index >= 15 is 0 Å². The highest BCUT2D eigenvalue weighted by molar-refractivity contribution is 5.68. The van der Waals surface area contributed by atoms with E-state index in [0.29, 0.717) is 0 Å². The molecule has 2 rings (SSSR count). The highest BCUT2D eigenvalue weighted by Crippen LogP contribution is 2.16. The molecule has 112 valence electrons. The molecule has 0 fully saturated rings. The van der Waals surface area contributed by atoms with Gasteiger partial charge in [-0.1, -0.05) is 12.1 Å². The fourth-order valence-corrected chi connectivity index (χ4v) is 2.28. The summed E-state index contributed by atoms with van der Waals surface area (Å²) in [6, 6.07) is 14.9. The summed E-state index contributed by atoms with van der Waals surface area (Å²) in [7, 11) is 2.06. The van der Waals surface area contributed by atoms with Crippen molar-refractivity contribution in [2.45, 2.75) is 13.8 Å². The van der Waals surface area contributed by atoms with E-state index in [2.05, 4.69) is 85.1 Å². The first-order valence-corrected chi connectivity index (χ1v) is 7.22. The normalized spacial score (nSPS) is 10.4. The second-order valence-electron chi connectivity index (χ2n) is 4.83. The highest BCUT2D eigenvalue weighted by Gasteiger charge is 2.01. The van der Waals surface area contributed by atoms with Gasteiger partial charge < -0.3 is 28.9 Å². The smallest absolute Gasteiger partial charge is 0.204 e. The lowest BCUT2D eigenvalue weighted by Crippen LogP contribution is -3.00. The van der Waals surface area contributed by atoms with Gasteiger partial charge >= 0.3 is 0 Å². The summed E-state index contributed by atoms with van der Waals surface area (Å²) in [5.41, 5.74) is 3.71. The summed E-state index contributed by atoms with van der Waals surface area (Å²) in [6.45, 7) is 6.47. The Morgan fingerprint density at radius 3 is 2.19 bits per heavy atom. The summed E-state index contributed by atoms with van der Waals surface area (Å²) in [5, 5.41) is 0. The number of pyridine rings is 1. The molecule has 0 bridgehead atoms. The van der Waals surface area contributed by atoms with Crippen LogP contribution in [0.4, 0.5) is 5.69 Å². The molecule has 1 heterocycles. The van der Waals surface area contributed by atoms with E-state index < -0.39 is 0 Å². The van der Waals surface area contributed by atoms with Gasteiger partial charge in [0, 0.05) is 37.0 Å². The fraction of sp³-hybridized carbons (Fsp3) is 0.278. The fourth-order valence-electron chi connectivity index (χ4n) is 2.28. The van der Waals surface area contributed by atoms with Crippen LogP contribution in [0.15, 0.2) is 48.7 Å². The van der Waals surface area contributed by atoms with Crippen LogP contribution in [0.2, 0.25) is 0 Å². The first-order valence-electron chi connectivity index (χ1n) is 7.22. The van der Waals surface area contributed by atoms with Crippen LogP contribution in [0.5, 0.6) is 0 Å². The van der Waals surface area contributed by atoms with Crippen molar-refractivity contribution in [3.05, 3.63) is 59.9 Å². The Labute approximate surface area is 145 Å². The monoisotopic (exact) mass is 394 g/mol. The van der Waals surface area contributed by atoms with Crippen molar-refractivity contribution in [2.24, 2.45) is 7.05 Å². The van der Waals surface area contributed by atoms with Crippen molar-refractivity contribution in [3.63, 3.8) is 0 Å². The standard InChI is InChI=1S/C18H23N2.HI/c1-4-20(5-2)18-13-10-16(11-14-18)9-12-17-8-6-7-15-19(17)3;/h6-15H,4-5H2,1-3H3;1H/q+1;/p-1. The minimum absolute atomic E-state index is 0. The molecule has 0 saturated carbocycles. The van der Waals surface area contributed by atoms with E-state index in [1.54, 1.807) is 0 Å². The van der Waals surface area contributed by atoms with Crippen molar-refractivity contribution in [2.75, 3.05) is 18.0 Å². The number of hydrogen-bond acceptors (Lipinski definition) is 1. The van der Waals surface area contributed by atoms with E-state index in [1.165, 1.54) is 16.9 Å². The van der Waals surface area contributed by atoms with Gasteiger partial charge in [-0.05, 0) is 43.7 Å². The first kappa shape index (κ1) is 17.7. The maximum atomic E-state index is 2.35. The molecule has 0 unspecified atom stereocenters. The molecule has 2 aromatic rings. The zero-order valence-corrected chi connectivity index (χ0v) is 15.1. The van der Waals surface area contributed by atoms with Crippen LogP contribution < -0.4 is 33.4 Å². The predicted octanol–water partition coefficient (Wildman–Crippen LogP) is 0.532. The van der Waals surface area contributed by atoms with Gasteiger partial charge in [0.1, 0.15) is 7.05 Å². The number of rotatable bonds is 5. The lowest BCUT2D eigenvalue weighted by Gasteiger charge is -2.20. The highest BCUT2D eigenvalue weighted by atomic mass is 127. The molecule has 0 amide bonds. The molecular weight excluding hydrogens is 371 g/mol. The van der Waals surface area contributed by atoms with E-state index in [9.17, 15) is 0 Å². The van der Waals surface area contributed by atoms with Gasteiger partial charge in [0.25, 0.3) is 0 Å². The number of halogens is 1. The van der Waals surface area contributed by atoms with E-state index in [1.807, 2.05) is 6.07 Å². The molecular formula is C18H23IN2. The summed E-state index contributed by atoms with van der Waals surface area (Å²) in [4.78, 5) is 2.35. The molecule has 1 aromatic heterocycles. The van der Waals surface area contributed by atoms with Crippen molar-refractivity contribution in [3.8, 4) is 0 Å². The topological polar surface area (TPSA) is 7.12 Å². The molecule has 0 saturated heterocycles. The largest absolute Gasteiger partial charge is 1.00 e. The van der Waals surface area contributed by atoms with Gasteiger partial charge in [-0.25, -0.2) is 4.57 Å². The molecule has 0 aliphatic heterocycles.